The summed E-state index contributed by atoms with van der Waals surface area (Å²) in [5, 5.41) is 9.48. The molecular weight excluding hydrogens is 288 g/mol. The van der Waals surface area contributed by atoms with E-state index in [4.69, 9.17) is 18.9 Å². The number of carboxylic acid groups (broad SMARTS) is 1. The highest BCUT2D eigenvalue weighted by molar-refractivity contribution is 5.77. The zero-order chi connectivity index (χ0) is 16.5. The van der Waals surface area contributed by atoms with Gasteiger partial charge in [0.15, 0.2) is 11.5 Å². The second-order valence-corrected chi connectivity index (χ2v) is 4.69. The largest absolute Gasteiger partial charge is 0.493 e. The molecule has 0 fully saturated rings. The van der Waals surface area contributed by atoms with Gasteiger partial charge in [-0.3, -0.25) is 4.79 Å². The van der Waals surface area contributed by atoms with E-state index < -0.39 is 11.9 Å². The first-order chi connectivity index (χ1) is 10.6. The van der Waals surface area contributed by atoms with Crippen LogP contribution in [-0.4, -0.2) is 45.6 Å². The normalized spacial score (nSPS) is 11.8. The molecule has 0 bridgehead atoms. The van der Waals surface area contributed by atoms with Crippen molar-refractivity contribution in [2.45, 2.75) is 25.7 Å². The van der Waals surface area contributed by atoms with Gasteiger partial charge in [0.05, 0.1) is 27.2 Å². The molecule has 0 saturated heterocycles. The summed E-state index contributed by atoms with van der Waals surface area (Å²) in [6.07, 6.45) is 1.15. The van der Waals surface area contributed by atoms with E-state index in [9.17, 15) is 9.90 Å². The zero-order valence-electron chi connectivity index (χ0n) is 13.5. The maximum absolute atomic E-state index is 11.6. The van der Waals surface area contributed by atoms with Crippen LogP contribution in [0, 0.1) is 0 Å². The van der Waals surface area contributed by atoms with Gasteiger partial charge in [-0.05, 0) is 37.5 Å². The minimum atomic E-state index is -0.884. The number of carboxylic acids is 1. The molecule has 0 aliphatic rings. The first-order valence-corrected chi connectivity index (χ1v) is 7.19. The number of carbonyl (C=O) groups is 1. The second kappa shape index (κ2) is 9.15. The van der Waals surface area contributed by atoms with Crippen LogP contribution < -0.4 is 14.2 Å². The van der Waals surface area contributed by atoms with Crippen molar-refractivity contribution < 1.29 is 28.8 Å². The van der Waals surface area contributed by atoms with Gasteiger partial charge in [-0.2, -0.15) is 0 Å². The molecule has 0 saturated carbocycles. The topological polar surface area (TPSA) is 74.2 Å². The van der Waals surface area contributed by atoms with E-state index in [1.165, 1.54) is 21.3 Å². The van der Waals surface area contributed by atoms with Crippen LogP contribution in [0.3, 0.4) is 0 Å². The van der Waals surface area contributed by atoms with Gasteiger partial charge in [-0.1, -0.05) is 0 Å². The maximum Gasteiger partial charge on any atom is 0.310 e. The Hall–Kier alpha value is -1.95. The highest BCUT2D eigenvalue weighted by Gasteiger charge is 2.23. The van der Waals surface area contributed by atoms with Crippen LogP contribution in [0.25, 0.3) is 0 Å². The van der Waals surface area contributed by atoms with E-state index in [0.29, 0.717) is 48.9 Å². The maximum atomic E-state index is 11.6. The molecule has 22 heavy (non-hydrogen) atoms. The minimum Gasteiger partial charge on any atom is -0.493 e. The third-order valence-electron chi connectivity index (χ3n) is 3.37. The molecule has 1 unspecified atom stereocenters. The Morgan fingerprint density at radius 2 is 1.73 bits per heavy atom. The zero-order valence-corrected chi connectivity index (χ0v) is 13.5. The molecular formula is C16H24O6. The molecule has 0 aromatic heterocycles. The summed E-state index contributed by atoms with van der Waals surface area (Å²) in [6.45, 7) is 3.08. The Labute approximate surface area is 130 Å². The summed E-state index contributed by atoms with van der Waals surface area (Å²) >= 11 is 0. The number of methoxy groups -OCH3 is 3. The third kappa shape index (κ3) is 4.53. The SMILES string of the molecule is CCOCCCC(C(=O)O)c1cc(OC)c(OC)c(OC)c1. The van der Waals surface area contributed by atoms with Crippen LogP contribution in [0.2, 0.25) is 0 Å². The molecule has 0 heterocycles. The lowest BCUT2D eigenvalue weighted by Gasteiger charge is -2.18. The smallest absolute Gasteiger partial charge is 0.310 e. The van der Waals surface area contributed by atoms with Gasteiger partial charge in [0, 0.05) is 13.2 Å². The van der Waals surface area contributed by atoms with Crippen molar-refractivity contribution in [3.05, 3.63) is 17.7 Å². The van der Waals surface area contributed by atoms with Crippen molar-refractivity contribution in [2.24, 2.45) is 0 Å². The van der Waals surface area contributed by atoms with E-state index >= 15 is 0 Å². The Morgan fingerprint density at radius 1 is 1.14 bits per heavy atom. The Kier molecular flexibility index (Phi) is 7.52. The van der Waals surface area contributed by atoms with E-state index in [2.05, 4.69) is 0 Å². The van der Waals surface area contributed by atoms with E-state index in [-0.39, 0.29) is 0 Å². The molecule has 1 atom stereocenters. The lowest BCUT2D eigenvalue weighted by Crippen LogP contribution is -2.13. The van der Waals surface area contributed by atoms with Crippen molar-refractivity contribution >= 4 is 5.97 Å². The predicted molar refractivity (Wildman–Crippen MR) is 82.2 cm³/mol. The Bertz CT molecular complexity index is 461. The summed E-state index contributed by atoms with van der Waals surface area (Å²) < 4.78 is 21.1. The van der Waals surface area contributed by atoms with E-state index in [0.717, 1.165) is 0 Å². The van der Waals surface area contributed by atoms with Crippen LogP contribution in [0.15, 0.2) is 12.1 Å². The highest BCUT2D eigenvalue weighted by Crippen LogP contribution is 2.40. The first kappa shape index (κ1) is 18.1. The summed E-state index contributed by atoms with van der Waals surface area (Å²) in [7, 11) is 4.52. The van der Waals surface area contributed by atoms with Crippen molar-refractivity contribution in [3.8, 4) is 17.2 Å². The Balaban J connectivity index is 3.06. The van der Waals surface area contributed by atoms with Gasteiger partial charge in [0.2, 0.25) is 5.75 Å². The van der Waals surface area contributed by atoms with Crippen molar-refractivity contribution in [1.29, 1.82) is 0 Å². The fourth-order valence-corrected chi connectivity index (χ4v) is 2.27. The molecule has 1 aromatic carbocycles. The minimum absolute atomic E-state index is 0.451. The van der Waals surface area contributed by atoms with Gasteiger partial charge < -0.3 is 24.1 Å². The van der Waals surface area contributed by atoms with Gasteiger partial charge in [0.25, 0.3) is 0 Å². The predicted octanol–water partition coefficient (Wildman–Crippen LogP) is 2.70. The number of hydrogen-bond acceptors (Lipinski definition) is 5. The van der Waals surface area contributed by atoms with Crippen LogP contribution in [0.1, 0.15) is 31.2 Å². The molecule has 0 aliphatic heterocycles. The van der Waals surface area contributed by atoms with Crippen LogP contribution in [0.4, 0.5) is 0 Å². The molecule has 1 aromatic rings. The lowest BCUT2D eigenvalue weighted by atomic mass is 9.93. The summed E-state index contributed by atoms with van der Waals surface area (Å²) in [5.41, 5.74) is 0.624. The molecule has 0 aliphatic carbocycles. The first-order valence-electron chi connectivity index (χ1n) is 7.19. The molecule has 0 radical (unpaired) electrons. The van der Waals surface area contributed by atoms with Gasteiger partial charge in [0.1, 0.15) is 0 Å². The summed E-state index contributed by atoms with van der Waals surface area (Å²) in [6, 6.07) is 3.36. The molecule has 0 amide bonds. The fraction of sp³-hybridized carbons (Fsp3) is 0.562. The number of ether oxygens (including phenoxy) is 4. The van der Waals surface area contributed by atoms with Gasteiger partial charge in [-0.25, -0.2) is 0 Å². The molecule has 6 heteroatoms. The van der Waals surface area contributed by atoms with Crippen molar-refractivity contribution in [2.75, 3.05) is 34.5 Å². The van der Waals surface area contributed by atoms with Crippen molar-refractivity contribution in [3.63, 3.8) is 0 Å². The average molecular weight is 312 g/mol. The van der Waals surface area contributed by atoms with Crippen LogP contribution in [0.5, 0.6) is 17.2 Å². The van der Waals surface area contributed by atoms with E-state index in [1.807, 2.05) is 6.92 Å². The van der Waals surface area contributed by atoms with Gasteiger partial charge >= 0.3 is 5.97 Å². The van der Waals surface area contributed by atoms with Crippen molar-refractivity contribution in [1.82, 2.24) is 0 Å². The summed E-state index contributed by atoms with van der Waals surface area (Å²) in [4.78, 5) is 11.6. The summed E-state index contributed by atoms with van der Waals surface area (Å²) in [5.74, 6) is -0.173. The molecule has 6 nitrogen and oxygen atoms in total. The van der Waals surface area contributed by atoms with Crippen LogP contribution in [-0.2, 0) is 9.53 Å². The number of benzene rings is 1. The Morgan fingerprint density at radius 3 is 2.14 bits per heavy atom. The van der Waals surface area contributed by atoms with Crippen LogP contribution >= 0.6 is 0 Å². The molecule has 124 valence electrons. The molecule has 1 N–H and O–H groups in total. The molecule has 0 spiro atoms. The number of aliphatic carboxylic acids is 1. The van der Waals surface area contributed by atoms with Gasteiger partial charge in [-0.15, -0.1) is 0 Å². The number of rotatable bonds is 10. The monoisotopic (exact) mass is 312 g/mol. The standard InChI is InChI=1S/C16H24O6/c1-5-22-8-6-7-12(16(17)18)11-9-13(19-2)15(21-4)14(10-11)20-3/h9-10,12H,5-8H2,1-4H3,(H,17,18). The fourth-order valence-electron chi connectivity index (χ4n) is 2.27. The average Bonchev–Trinajstić information content (AvgIpc) is 2.53. The third-order valence-corrected chi connectivity index (χ3v) is 3.37. The quantitative estimate of drug-likeness (QED) is 0.670. The molecule has 1 rings (SSSR count). The highest BCUT2D eigenvalue weighted by atomic mass is 16.5. The lowest BCUT2D eigenvalue weighted by molar-refractivity contribution is -0.139. The number of hydrogen-bond donors (Lipinski definition) is 1. The van der Waals surface area contributed by atoms with E-state index in [1.54, 1.807) is 12.1 Å². The second-order valence-electron chi connectivity index (χ2n) is 4.69.